The van der Waals surface area contributed by atoms with Gasteiger partial charge in [-0.25, -0.2) is 4.57 Å². The van der Waals surface area contributed by atoms with Crippen molar-refractivity contribution in [3.05, 3.63) is 29.3 Å². The van der Waals surface area contributed by atoms with Crippen molar-refractivity contribution in [3.8, 4) is 5.75 Å². The van der Waals surface area contributed by atoms with E-state index in [0.29, 0.717) is 5.75 Å². The highest BCUT2D eigenvalue weighted by Crippen LogP contribution is 2.38. The molecule has 0 aromatic heterocycles. The number of rotatable bonds is 3. The van der Waals surface area contributed by atoms with Gasteiger partial charge in [-0.05, 0) is 36.6 Å². The molecule has 0 fully saturated rings. The average molecular weight is 214 g/mol. The SMILES string of the molecule is CCc1cc(OP(C)(=O)O)ccc1C. The van der Waals surface area contributed by atoms with Crippen LogP contribution in [0.1, 0.15) is 18.1 Å². The zero-order valence-corrected chi connectivity index (χ0v) is 9.54. The van der Waals surface area contributed by atoms with Crippen LogP contribution in [0.5, 0.6) is 5.75 Å². The summed E-state index contributed by atoms with van der Waals surface area (Å²) in [6.45, 7) is 5.22. The highest BCUT2D eigenvalue weighted by atomic mass is 31.2. The first-order chi connectivity index (χ1) is 6.42. The van der Waals surface area contributed by atoms with Gasteiger partial charge < -0.3 is 9.42 Å². The predicted molar refractivity (Wildman–Crippen MR) is 56.9 cm³/mol. The molecule has 0 bridgehead atoms. The van der Waals surface area contributed by atoms with E-state index in [-0.39, 0.29) is 0 Å². The van der Waals surface area contributed by atoms with Gasteiger partial charge in [0.05, 0.1) is 0 Å². The van der Waals surface area contributed by atoms with Crippen LogP contribution >= 0.6 is 7.60 Å². The summed E-state index contributed by atoms with van der Waals surface area (Å²) in [7, 11) is -3.43. The summed E-state index contributed by atoms with van der Waals surface area (Å²) < 4.78 is 15.9. The Morgan fingerprint density at radius 1 is 1.50 bits per heavy atom. The Balaban J connectivity index is 2.96. The van der Waals surface area contributed by atoms with Crippen LogP contribution in [0.25, 0.3) is 0 Å². The van der Waals surface area contributed by atoms with Gasteiger partial charge in [-0.15, -0.1) is 0 Å². The van der Waals surface area contributed by atoms with E-state index in [0.717, 1.165) is 12.0 Å². The van der Waals surface area contributed by atoms with E-state index in [9.17, 15) is 4.57 Å². The normalized spacial score (nSPS) is 14.9. The third kappa shape index (κ3) is 3.17. The summed E-state index contributed by atoms with van der Waals surface area (Å²) in [5.41, 5.74) is 2.31. The van der Waals surface area contributed by atoms with Gasteiger partial charge in [-0.3, -0.25) is 0 Å². The van der Waals surface area contributed by atoms with Gasteiger partial charge in [0, 0.05) is 6.66 Å². The second kappa shape index (κ2) is 4.16. The summed E-state index contributed by atoms with van der Waals surface area (Å²) in [6, 6.07) is 5.41. The largest absolute Gasteiger partial charge is 0.425 e. The van der Waals surface area contributed by atoms with Gasteiger partial charge in [0.15, 0.2) is 0 Å². The first-order valence-corrected chi connectivity index (χ1v) is 6.54. The van der Waals surface area contributed by atoms with Crippen LogP contribution in [-0.4, -0.2) is 11.6 Å². The molecule has 0 saturated carbocycles. The fourth-order valence-corrected chi connectivity index (χ4v) is 1.79. The highest BCUT2D eigenvalue weighted by Gasteiger charge is 2.12. The van der Waals surface area contributed by atoms with E-state index in [4.69, 9.17) is 9.42 Å². The zero-order chi connectivity index (χ0) is 10.8. The molecule has 1 aromatic carbocycles. The van der Waals surface area contributed by atoms with Gasteiger partial charge in [-0.2, -0.15) is 0 Å². The number of benzene rings is 1. The van der Waals surface area contributed by atoms with Crippen LogP contribution in [0.15, 0.2) is 18.2 Å². The second-order valence-electron chi connectivity index (χ2n) is 3.34. The van der Waals surface area contributed by atoms with Crippen LogP contribution < -0.4 is 4.52 Å². The molecule has 0 aliphatic carbocycles. The molecular formula is C10H15O3P. The molecular weight excluding hydrogens is 199 g/mol. The Morgan fingerprint density at radius 2 is 2.14 bits per heavy atom. The Kier molecular flexibility index (Phi) is 3.35. The topological polar surface area (TPSA) is 46.5 Å². The van der Waals surface area contributed by atoms with Crippen molar-refractivity contribution in [3.63, 3.8) is 0 Å². The van der Waals surface area contributed by atoms with E-state index in [1.807, 2.05) is 26.0 Å². The van der Waals surface area contributed by atoms with E-state index in [2.05, 4.69) is 0 Å². The monoisotopic (exact) mass is 214 g/mol. The minimum Gasteiger partial charge on any atom is -0.425 e. The zero-order valence-electron chi connectivity index (χ0n) is 8.65. The van der Waals surface area contributed by atoms with Gasteiger partial charge >= 0.3 is 7.60 Å². The molecule has 0 heterocycles. The van der Waals surface area contributed by atoms with E-state index in [1.54, 1.807) is 6.07 Å². The van der Waals surface area contributed by atoms with Crippen molar-refractivity contribution in [1.29, 1.82) is 0 Å². The summed E-state index contributed by atoms with van der Waals surface area (Å²) in [5.74, 6) is 0.459. The first-order valence-electron chi connectivity index (χ1n) is 4.52. The van der Waals surface area contributed by atoms with Crippen LogP contribution in [0.2, 0.25) is 0 Å². The van der Waals surface area contributed by atoms with Crippen LogP contribution in [-0.2, 0) is 11.0 Å². The maximum absolute atomic E-state index is 11.0. The van der Waals surface area contributed by atoms with Crippen molar-refractivity contribution in [1.82, 2.24) is 0 Å². The molecule has 1 rings (SSSR count). The van der Waals surface area contributed by atoms with Crippen molar-refractivity contribution in [2.45, 2.75) is 20.3 Å². The standard InChI is InChI=1S/C10H15O3P/c1-4-9-7-10(6-5-8(9)2)13-14(3,11)12/h5-7H,4H2,1-3H3,(H,11,12). The third-order valence-electron chi connectivity index (χ3n) is 1.98. The van der Waals surface area contributed by atoms with Gasteiger partial charge in [0.25, 0.3) is 0 Å². The second-order valence-corrected chi connectivity index (χ2v) is 5.12. The lowest BCUT2D eigenvalue weighted by Crippen LogP contribution is -1.92. The molecule has 0 aliphatic heterocycles. The molecule has 78 valence electrons. The third-order valence-corrected chi connectivity index (χ3v) is 2.53. The van der Waals surface area contributed by atoms with E-state index < -0.39 is 7.60 Å². The Bertz CT molecular complexity index is 368. The summed E-state index contributed by atoms with van der Waals surface area (Å²) in [4.78, 5) is 9.04. The lowest BCUT2D eigenvalue weighted by atomic mass is 10.1. The Labute approximate surface area is 84.3 Å². The molecule has 3 nitrogen and oxygen atoms in total. The van der Waals surface area contributed by atoms with Crippen molar-refractivity contribution in [2.75, 3.05) is 6.66 Å². The maximum atomic E-state index is 11.0. The molecule has 1 atom stereocenters. The van der Waals surface area contributed by atoms with Crippen molar-refractivity contribution >= 4 is 7.60 Å². The molecule has 14 heavy (non-hydrogen) atoms. The fraction of sp³-hybridized carbons (Fsp3) is 0.400. The average Bonchev–Trinajstić information content (AvgIpc) is 2.06. The molecule has 1 aromatic rings. The van der Waals surface area contributed by atoms with Crippen LogP contribution in [0.3, 0.4) is 0 Å². The Morgan fingerprint density at radius 3 is 2.64 bits per heavy atom. The van der Waals surface area contributed by atoms with Gasteiger partial charge in [-0.1, -0.05) is 13.0 Å². The van der Waals surface area contributed by atoms with Crippen LogP contribution in [0, 0.1) is 6.92 Å². The van der Waals surface area contributed by atoms with Gasteiger partial charge in [0.1, 0.15) is 5.75 Å². The molecule has 4 heteroatoms. The molecule has 1 unspecified atom stereocenters. The van der Waals surface area contributed by atoms with E-state index in [1.165, 1.54) is 12.2 Å². The van der Waals surface area contributed by atoms with Crippen LogP contribution in [0.4, 0.5) is 0 Å². The maximum Gasteiger partial charge on any atom is 0.373 e. The molecule has 0 amide bonds. The summed E-state index contributed by atoms with van der Waals surface area (Å²) >= 11 is 0. The summed E-state index contributed by atoms with van der Waals surface area (Å²) in [6.07, 6.45) is 0.891. The first kappa shape index (κ1) is 11.3. The number of hydrogen-bond acceptors (Lipinski definition) is 2. The quantitative estimate of drug-likeness (QED) is 0.787. The molecule has 0 aliphatic rings. The number of aryl methyl sites for hydroxylation is 2. The Hall–Kier alpha value is -0.790. The summed E-state index contributed by atoms with van der Waals surface area (Å²) in [5, 5.41) is 0. The minimum atomic E-state index is -3.43. The van der Waals surface area contributed by atoms with Crippen molar-refractivity contribution in [2.24, 2.45) is 0 Å². The minimum absolute atomic E-state index is 0.459. The smallest absolute Gasteiger partial charge is 0.373 e. The fourth-order valence-electron chi connectivity index (χ4n) is 1.28. The molecule has 0 radical (unpaired) electrons. The molecule has 0 saturated heterocycles. The highest BCUT2D eigenvalue weighted by molar-refractivity contribution is 7.52. The lowest BCUT2D eigenvalue weighted by molar-refractivity contribution is 0.387. The van der Waals surface area contributed by atoms with E-state index >= 15 is 0 Å². The van der Waals surface area contributed by atoms with Crippen molar-refractivity contribution < 1.29 is 14.0 Å². The predicted octanol–water partition coefficient (Wildman–Crippen LogP) is 2.75. The lowest BCUT2D eigenvalue weighted by Gasteiger charge is -2.10. The number of hydrogen-bond donors (Lipinski definition) is 1. The molecule has 1 N–H and O–H groups in total. The molecule has 0 spiro atoms. The van der Waals surface area contributed by atoms with Gasteiger partial charge in [0.2, 0.25) is 0 Å².